The zero-order valence-corrected chi connectivity index (χ0v) is 25.3. The Morgan fingerprint density at radius 3 is 2.56 bits per heavy atom. The molecule has 0 radical (unpaired) electrons. The summed E-state index contributed by atoms with van der Waals surface area (Å²) < 4.78 is 17.6. The van der Waals surface area contributed by atoms with Crippen molar-refractivity contribution in [2.24, 2.45) is 23.2 Å². The Morgan fingerprint density at radius 2 is 1.95 bits per heavy atom. The molecule has 0 spiro atoms. The largest absolute Gasteiger partial charge is 0.468 e. The standard InChI is InChI=1S/C31H36Cl2N2O6/c1-17(2)25-13-26-31(30(38)39-4,28(41-25)19-6-7-19)14-21(11-27(36)34-15-23-10-5-18(3)40-23)29(37)35(26)16-20-8-9-22(32)12-24(20)33/h5,8-10,12-13,17,19,21,25,28H,6-7,11,14-16H2,1-4H3,(H,34,36)/t21-,25+,28+,31+/m0/s1. The number of ether oxygens (including phenoxy) is 2. The first-order valence-electron chi connectivity index (χ1n) is 14.1. The Balaban J connectivity index is 1.54. The Morgan fingerprint density at radius 1 is 1.20 bits per heavy atom. The van der Waals surface area contributed by atoms with Crippen LogP contribution in [0.1, 0.15) is 56.6 Å². The van der Waals surface area contributed by atoms with Crippen LogP contribution in [0, 0.1) is 30.1 Å². The van der Waals surface area contributed by atoms with Gasteiger partial charge in [-0.05, 0) is 73.9 Å². The minimum atomic E-state index is -1.24. The first-order valence-corrected chi connectivity index (χ1v) is 14.8. The van der Waals surface area contributed by atoms with Crippen molar-refractivity contribution >= 4 is 41.0 Å². The molecule has 3 heterocycles. The third-order valence-electron chi connectivity index (χ3n) is 8.33. The Kier molecular flexibility index (Phi) is 8.56. The Hall–Kier alpha value is -2.81. The number of furan rings is 1. The number of amides is 2. The highest BCUT2D eigenvalue weighted by Crippen LogP contribution is 2.56. The molecule has 1 aliphatic carbocycles. The summed E-state index contributed by atoms with van der Waals surface area (Å²) in [5, 5.41) is 3.75. The molecule has 220 valence electrons. The average molecular weight is 604 g/mol. The van der Waals surface area contributed by atoms with E-state index in [2.05, 4.69) is 19.2 Å². The molecule has 2 fully saturated rings. The highest BCUT2D eigenvalue weighted by molar-refractivity contribution is 6.35. The molecular weight excluding hydrogens is 567 g/mol. The number of methoxy groups -OCH3 is 1. The summed E-state index contributed by atoms with van der Waals surface area (Å²) in [6.45, 7) is 6.25. The van der Waals surface area contributed by atoms with E-state index in [0.717, 1.165) is 18.6 Å². The summed E-state index contributed by atoms with van der Waals surface area (Å²) in [6, 6.07) is 8.74. The number of hydrogen-bond donors (Lipinski definition) is 1. The van der Waals surface area contributed by atoms with E-state index in [1.165, 1.54) is 7.11 Å². The number of carbonyl (C=O) groups is 3. The summed E-state index contributed by atoms with van der Waals surface area (Å²) in [4.78, 5) is 42.9. The number of nitrogens with zero attached hydrogens (tertiary/aromatic N) is 1. The molecule has 2 aliphatic heterocycles. The monoisotopic (exact) mass is 602 g/mol. The van der Waals surface area contributed by atoms with Gasteiger partial charge >= 0.3 is 5.97 Å². The summed E-state index contributed by atoms with van der Waals surface area (Å²) in [7, 11) is 1.36. The van der Waals surface area contributed by atoms with Crippen molar-refractivity contribution in [3.05, 3.63) is 69.2 Å². The molecule has 2 aromatic rings. The smallest absolute Gasteiger partial charge is 0.320 e. The molecule has 5 rings (SSSR count). The fourth-order valence-corrected chi connectivity index (χ4v) is 6.56. The van der Waals surface area contributed by atoms with Crippen molar-refractivity contribution in [3.8, 4) is 0 Å². The number of likely N-dealkylation sites (tertiary alicyclic amines) is 1. The number of nitrogens with one attached hydrogen (secondary N) is 1. The highest BCUT2D eigenvalue weighted by Gasteiger charge is 2.63. The van der Waals surface area contributed by atoms with Crippen molar-refractivity contribution in [2.75, 3.05) is 7.11 Å². The van der Waals surface area contributed by atoms with Gasteiger partial charge in [-0.2, -0.15) is 0 Å². The van der Waals surface area contributed by atoms with Crippen molar-refractivity contribution in [1.29, 1.82) is 0 Å². The molecule has 10 heteroatoms. The van der Waals surface area contributed by atoms with E-state index in [4.69, 9.17) is 37.1 Å². The van der Waals surface area contributed by atoms with Gasteiger partial charge in [-0.1, -0.05) is 43.1 Å². The molecule has 41 heavy (non-hydrogen) atoms. The van der Waals surface area contributed by atoms with Crippen LogP contribution < -0.4 is 5.32 Å². The van der Waals surface area contributed by atoms with Crippen LogP contribution in [0.3, 0.4) is 0 Å². The van der Waals surface area contributed by atoms with Crippen LogP contribution in [-0.2, 0) is 36.9 Å². The van der Waals surface area contributed by atoms with Gasteiger partial charge in [0.15, 0.2) is 0 Å². The number of benzene rings is 1. The molecule has 0 unspecified atom stereocenters. The van der Waals surface area contributed by atoms with Crippen molar-refractivity contribution < 1.29 is 28.3 Å². The lowest BCUT2D eigenvalue weighted by Gasteiger charge is -2.53. The van der Waals surface area contributed by atoms with E-state index in [0.29, 0.717) is 27.1 Å². The lowest BCUT2D eigenvalue weighted by atomic mass is 9.64. The first-order chi connectivity index (χ1) is 19.5. The Labute approximate surface area is 250 Å². The van der Waals surface area contributed by atoms with Gasteiger partial charge in [0.2, 0.25) is 11.8 Å². The Bertz CT molecular complexity index is 1370. The topological polar surface area (TPSA) is 98.1 Å². The maximum absolute atomic E-state index is 14.2. The van der Waals surface area contributed by atoms with Crippen molar-refractivity contribution in [3.63, 3.8) is 0 Å². The lowest BCUT2D eigenvalue weighted by Crippen LogP contribution is -2.61. The zero-order chi connectivity index (χ0) is 29.5. The van der Waals surface area contributed by atoms with Gasteiger partial charge in [0.1, 0.15) is 16.9 Å². The molecule has 1 saturated carbocycles. The molecule has 2 amide bonds. The van der Waals surface area contributed by atoms with Gasteiger partial charge in [-0.25, -0.2) is 0 Å². The predicted molar refractivity (Wildman–Crippen MR) is 154 cm³/mol. The van der Waals surface area contributed by atoms with Crippen LogP contribution in [0.5, 0.6) is 0 Å². The first kappa shape index (κ1) is 29.7. The second-order valence-electron chi connectivity index (χ2n) is 11.7. The van der Waals surface area contributed by atoms with Crippen molar-refractivity contribution in [1.82, 2.24) is 10.2 Å². The third-order valence-corrected chi connectivity index (χ3v) is 8.92. The van der Waals surface area contributed by atoms with Crippen LogP contribution >= 0.6 is 23.2 Å². The molecular formula is C31H36Cl2N2O6. The number of carbonyl (C=O) groups excluding carboxylic acids is 3. The van der Waals surface area contributed by atoms with E-state index < -0.39 is 23.4 Å². The highest BCUT2D eigenvalue weighted by atomic mass is 35.5. The number of rotatable bonds is 9. The third kappa shape index (κ3) is 5.92. The van der Waals surface area contributed by atoms with Gasteiger partial charge in [-0.3, -0.25) is 14.4 Å². The second-order valence-corrected chi connectivity index (χ2v) is 12.5. The summed E-state index contributed by atoms with van der Waals surface area (Å²) in [6.07, 6.45) is 3.00. The van der Waals surface area contributed by atoms with Crippen molar-refractivity contribution in [2.45, 2.75) is 71.8 Å². The molecule has 4 atom stereocenters. The number of piperidine rings is 1. The van der Waals surface area contributed by atoms with Gasteiger partial charge in [-0.15, -0.1) is 0 Å². The van der Waals surface area contributed by atoms with Crippen LogP contribution in [0.2, 0.25) is 10.0 Å². The van der Waals surface area contributed by atoms with Crippen LogP contribution in [0.4, 0.5) is 0 Å². The summed E-state index contributed by atoms with van der Waals surface area (Å²) in [5.41, 5.74) is 0.0138. The predicted octanol–water partition coefficient (Wildman–Crippen LogP) is 5.83. The van der Waals surface area contributed by atoms with E-state index in [1.54, 1.807) is 29.2 Å². The van der Waals surface area contributed by atoms with E-state index >= 15 is 0 Å². The minimum absolute atomic E-state index is 0.0968. The van der Waals surface area contributed by atoms with E-state index in [1.807, 2.05) is 19.1 Å². The number of aryl methyl sites for hydroxylation is 1. The average Bonchev–Trinajstić information content (AvgIpc) is 3.69. The van der Waals surface area contributed by atoms with Gasteiger partial charge in [0.05, 0.1) is 32.4 Å². The molecule has 1 saturated heterocycles. The molecule has 1 aromatic carbocycles. The van der Waals surface area contributed by atoms with Gasteiger partial charge in [0.25, 0.3) is 0 Å². The van der Waals surface area contributed by atoms with E-state index in [-0.39, 0.29) is 55.7 Å². The molecule has 0 bridgehead atoms. The second kappa shape index (κ2) is 11.8. The SMILES string of the molecule is COC(=O)[C@]12C[C@H](CC(=O)NCc3ccc(C)o3)C(=O)N(Cc3ccc(Cl)cc3Cl)C1=C[C@H](C(C)C)O[C@@H]2C1CC1. The van der Waals surface area contributed by atoms with Crippen LogP contribution in [0.25, 0.3) is 0 Å². The lowest BCUT2D eigenvalue weighted by molar-refractivity contribution is -0.182. The minimum Gasteiger partial charge on any atom is -0.468 e. The normalized spacial score (nSPS) is 26.0. The number of halogens is 2. The fourth-order valence-electron chi connectivity index (χ4n) is 6.09. The van der Waals surface area contributed by atoms with Crippen LogP contribution in [0.15, 0.2) is 46.5 Å². The number of esters is 1. The maximum atomic E-state index is 14.2. The fraction of sp³-hybridized carbons (Fsp3) is 0.516. The molecule has 3 aliphatic rings. The molecule has 1 aromatic heterocycles. The summed E-state index contributed by atoms with van der Waals surface area (Å²) in [5.74, 6) is -0.158. The van der Waals surface area contributed by atoms with Gasteiger partial charge < -0.3 is 24.1 Å². The molecule has 1 N–H and O–H groups in total. The number of hydrogen-bond acceptors (Lipinski definition) is 6. The molecule has 8 nitrogen and oxygen atoms in total. The number of fused-ring (bicyclic) bond motifs is 1. The quantitative estimate of drug-likeness (QED) is 0.363. The summed E-state index contributed by atoms with van der Waals surface area (Å²) >= 11 is 12.7. The van der Waals surface area contributed by atoms with E-state index in [9.17, 15) is 14.4 Å². The van der Waals surface area contributed by atoms with Crippen LogP contribution in [-0.4, -0.2) is 42.0 Å². The maximum Gasteiger partial charge on any atom is 0.320 e. The zero-order valence-electron chi connectivity index (χ0n) is 23.7. The van der Waals surface area contributed by atoms with Gasteiger partial charge in [0, 0.05) is 28.1 Å².